The van der Waals surface area contributed by atoms with Crippen LogP contribution in [0.3, 0.4) is 0 Å². The van der Waals surface area contributed by atoms with Crippen LogP contribution in [-0.4, -0.2) is 19.7 Å². The highest BCUT2D eigenvalue weighted by Gasteiger charge is 2.32. The molecule has 0 aliphatic heterocycles. The SMILES string of the molecule is CCC(c1ccc(C(F)(F)F)cc1F)n1cc(-c2cc(=O)[nH]c(C)n2)cn1. The molecular formula is C18H16F4N4O. The Bertz CT molecular complexity index is 1020. The summed E-state index contributed by atoms with van der Waals surface area (Å²) in [6.07, 6.45) is -1.13. The topological polar surface area (TPSA) is 63.6 Å². The molecule has 0 fully saturated rings. The molecule has 0 aliphatic carbocycles. The van der Waals surface area contributed by atoms with Crippen molar-refractivity contribution in [2.45, 2.75) is 32.5 Å². The number of aryl methyl sites for hydroxylation is 1. The zero-order chi connectivity index (χ0) is 19.8. The zero-order valence-electron chi connectivity index (χ0n) is 14.5. The summed E-state index contributed by atoms with van der Waals surface area (Å²) in [4.78, 5) is 18.4. The molecule has 0 saturated carbocycles. The third-order valence-electron chi connectivity index (χ3n) is 4.15. The lowest BCUT2D eigenvalue weighted by Crippen LogP contribution is -2.13. The Morgan fingerprint density at radius 2 is 2.00 bits per heavy atom. The van der Waals surface area contributed by atoms with Gasteiger partial charge in [0.25, 0.3) is 5.56 Å². The normalized spacial score (nSPS) is 13.0. The summed E-state index contributed by atoms with van der Waals surface area (Å²) in [6.45, 7) is 3.42. The number of hydrogen-bond donors (Lipinski definition) is 1. The Balaban J connectivity index is 1.98. The summed E-state index contributed by atoms with van der Waals surface area (Å²) >= 11 is 0. The molecule has 27 heavy (non-hydrogen) atoms. The molecule has 1 unspecified atom stereocenters. The minimum atomic E-state index is -4.61. The van der Waals surface area contributed by atoms with Crippen LogP contribution < -0.4 is 5.56 Å². The molecule has 0 saturated heterocycles. The molecule has 9 heteroatoms. The monoisotopic (exact) mass is 380 g/mol. The lowest BCUT2D eigenvalue weighted by atomic mass is 10.0. The summed E-state index contributed by atoms with van der Waals surface area (Å²) in [7, 11) is 0. The highest BCUT2D eigenvalue weighted by molar-refractivity contribution is 5.56. The Morgan fingerprint density at radius 3 is 2.59 bits per heavy atom. The first-order valence-corrected chi connectivity index (χ1v) is 8.18. The van der Waals surface area contributed by atoms with Gasteiger partial charge in [-0.25, -0.2) is 9.37 Å². The third kappa shape index (κ3) is 3.91. The second kappa shape index (κ2) is 6.98. The average Bonchev–Trinajstić information content (AvgIpc) is 3.05. The fourth-order valence-electron chi connectivity index (χ4n) is 2.89. The minimum Gasteiger partial charge on any atom is -0.311 e. The van der Waals surface area contributed by atoms with Gasteiger partial charge in [0.15, 0.2) is 0 Å². The van der Waals surface area contributed by atoms with Crippen molar-refractivity contribution in [2.75, 3.05) is 0 Å². The zero-order valence-corrected chi connectivity index (χ0v) is 14.5. The van der Waals surface area contributed by atoms with Crippen molar-refractivity contribution < 1.29 is 17.6 Å². The molecule has 1 aromatic carbocycles. The quantitative estimate of drug-likeness (QED) is 0.693. The van der Waals surface area contributed by atoms with Gasteiger partial charge < -0.3 is 4.98 Å². The minimum absolute atomic E-state index is 0.107. The molecule has 2 aromatic heterocycles. The van der Waals surface area contributed by atoms with Gasteiger partial charge in [-0.05, 0) is 25.5 Å². The molecule has 0 bridgehead atoms. The molecule has 1 atom stereocenters. The van der Waals surface area contributed by atoms with Crippen LogP contribution in [0, 0.1) is 12.7 Å². The Morgan fingerprint density at radius 1 is 1.26 bits per heavy atom. The molecule has 142 valence electrons. The number of hydrogen-bond acceptors (Lipinski definition) is 3. The molecule has 1 N–H and O–H groups in total. The van der Waals surface area contributed by atoms with E-state index in [1.54, 1.807) is 20.0 Å². The Labute approximate surface area is 151 Å². The van der Waals surface area contributed by atoms with Crippen LogP contribution in [0.5, 0.6) is 0 Å². The number of aromatic amines is 1. The maximum Gasteiger partial charge on any atom is 0.416 e. The van der Waals surface area contributed by atoms with Gasteiger partial charge in [0.2, 0.25) is 0 Å². The largest absolute Gasteiger partial charge is 0.416 e. The molecule has 2 heterocycles. The van der Waals surface area contributed by atoms with Crippen LogP contribution in [0.2, 0.25) is 0 Å². The summed E-state index contributed by atoms with van der Waals surface area (Å²) in [5.74, 6) is -0.509. The number of aromatic nitrogens is 4. The summed E-state index contributed by atoms with van der Waals surface area (Å²) in [5, 5.41) is 4.19. The van der Waals surface area contributed by atoms with E-state index in [9.17, 15) is 22.4 Å². The van der Waals surface area contributed by atoms with E-state index in [0.717, 1.165) is 12.1 Å². The van der Waals surface area contributed by atoms with Crippen LogP contribution in [-0.2, 0) is 6.18 Å². The summed E-state index contributed by atoms with van der Waals surface area (Å²) in [5.41, 5.74) is -0.288. The Kier molecular flexibility index (Phi) is 4.86. The van der Waals surface area contributed by atoms with E-state index in [0.29, 0.717) is 29.6 Å². The second-order valence-corrected chi connectivity index (χ2v) is 6.08. The lowest BCUT2D eigenvalue weighted by molar-refractivity contribution is -0.137. The average molecular weight is 380 g/mol. The van der Waals surface area contributed by atoms with E-state index in [4.69, 9.17) is 0 Å². The standard InChI is InChI=1S/C18H16F4N4O/c1-3-16(13-5-4-12(6-14(13)19)18(20,21)22)26-9-11(8-23-26)15-7-17(27)25-10(2)24-15/h4-9,16H,3H2,1-2H3,(H,24,25,27). The predicted octanol–water partition coefficient (Wildman–Crippen LogP) is 4.10. The van der Waals surface area contributed by atoms with Crippen molar-refractivity contribution in [3.8, 4) is 11.3 Å². The highest BCUT2D eigenvalue weighted by atomic mass is 19.4. The van der Waals surface area contributed by atoms with Gasteiger partial charge in [-0.3, -0.25) is 9.48 Å². The predicted molar refractivity (Wildman–Crippen MR) is 90.6 cm³/mol. The van der Waals surface area contributed by atoms with Crippen LogP contribution >= 0.6 is 0 Å². The highest BCUT2D eigenvalue weighted by Crippen LogP contribution is 2.33. The van der Waals surface area contributed by atoms with Gasteiger partial charge in [0, 0.05) is 23.4 Å². The van der Waals surface area contributed by atoms with Gasteiger partial charge in [-0.2, -0.15) is 18.3 Å². The maximum absolute atomic E-state index is 14.3. The number of alkyl halides is 3. The van der Waals surface area contributed by atoms with Gasteiger partial charge in [-0.1, -0.05) is 13.0 Å². The molecule has 3 aromatic rings. The fraction of sp³-hybridized carbons (Fsp3) is 0.278. The number of nitrogens with zero attached hydrogens (tertiary/aromatic N) is 3. The van der Waals surface area contributed by atoms with Crippen molar-refractivity contribution in [3.63, 3.8) is 0 Å². The van der Waals surface area contributed by atoms with E-state index >= 15 is 0 Å². The molecule has 0 spiro atoms. The van der Waals surface area contributed by atoms with Crippen LogP contribution in [0.1, 0.15) is 36.3 Å². The number of nitrogens with one attached hydrogen (secondary N) is 1. The Hall–Kier alpha value is -2.97. The first-order valence-electron chi connectivity index (χ1n) is 8.18. The molecule has 0 radical (unpaired) electrons. The number of rotatable bonds is 4. The van der Waals surface area contributed by atoms with E-state index in [1.165, 1.54) is 16.9 Å². The van der Waals surface area contributed by atoms with Gasteiger partial charge in [0.05, 0.1) is 23.5 Å². The number of benzene rings is 1. The first-order chi connectivity index (χ1) is 12.7. The van der Waals surface area contributed by atoms with Crippen molar-refractivity contribution in [1.29, 1.82) is 0 Å². The van der Waals surface area contributed by atoms with E-state index in [1.807, 2.05) is 0 Å². The van der Waals surface area contributed by atoms with Crippen molar-refractivity contribution >= 4 is 0 Å². The lowest BCUT2D eigenvalue weighted by Gasteiger charge is -2.18. The maximum atomic E-state index is 14.3. The molecular weight excluding hydrogens is 364 g/mol. The number of H-pyrrole nitrogens is 1. The van der Waals surface area contributed by atoms with Crippen LogP contribution in [0.15, 0.2) is 41.5 Å². The molecule has 3 rings (SSSR count). The van der Waals surface area contributed by atoms with Crippen LogP contribution in [0.25, 0.3) is 11.3 Å². The molecule has 0 amide bonds. The van der Waals surface area contributed by atoms with Gasteiger partial charge in [0.1, 0.15) is 11.6 Å². The summed E-state index contributed by atoms with van der Waals surface area (Å²) in [6, 6.07) is 3.19. The first kappa shape index (κ1) is 18.8. The van der Waals surface area contributed by atoms with Crippen molar-refractivity contribution in [1.82, 2.24) is 19.7 Å². The molecule has 5 nitrogen and oxygen atoms in total. The summed E-state index contributed by atoms with van der Waals surface area (Å²) < 4.78 is 54.0. The van der Waals surface area contributed by atoms with E-state index in [-0.39, 0.29) is 11.1 Å². The van der Waals surface area contributed by atoms with E-state index < -0.39 is 23.6 Å². The third-order valence-corrected chi connectivity index (χ3v) is 4.15. The van der Waals surface area contributed by atoms with Crippen molar-refractivity contribution in [3.05, 3.63) is 69.8 Å². The van der Waals surface area contributed by atoms with Gasteiger partial charge >= 0.3 is 6.18 Å². The fourth-order valence-corrected chi connectivity index (χ4v) is 2.89. The van der Waals surface area contributed by atoms with Crippen molar-refractivity contribution in [2.24, 2.45) is 0 Å². The smallest absolute Gasteiger partial charge is 0.311 e. The van der Waals surface area contributed by atoms with Crippen LogP contribution in [0.4, 0.5) is 17.6 Å². The number of halogens is 4. The molecule has 0 aliphatic rings. The second-order valence-electron chi connectivity index (χ2n) is 6.08. The van der Waals surface area contributed by atoms with E-state index in [2.05, 4.69) is 15.1 Å². The van der Waals surface area contributed by atoms with Gasteiger partial charge in [-0.15, -0.1) is 0 Å².